The second-order valence-corrected chi connectivity index (χ2v) is 9.40. The molecule has 1 aliphatic carbocycles. The largest absolute Gasteiger partial charge is 0.268 e. The van der Waals surface area contributed by atoms with Crippen LogP contribution in [0.3, 0.4) is 0 Å². The number of nitrogens with zero attached hydrogens (tertiary/aromatic N) is 1. The third-order valence-corrected chi connectivity index (χ3v) is 7.57. The van der Waals surface area contributed by atoms with E-state index in [0.717, 1.165) is 28.6 Å². The molecule has 0 aliphatic heterocycles. The maximum Gasteiger partial charge on any atom is 0.268 e. The van der Waals surface area contributed by atoms with Crippen LogP contribution in [-0.2, 0) is 22.9 Å². The van der Waals surface area contributed by atoms with Crippen molar-refractivity contribution in [2.75, 3.05) is 0 Å². The van der Waals surface area contributed by atoms with E-state index >= 15 is 0 Å². The fraction of sp³-hybridized carbons (Fsp3) is 0.130. The first-order valence-corrected chi connectivity index (χ1v) is 11.0. The fourth-order valence-corrected chi connectivity index (χ4v) is 5.97. The Morgan fingerprint density at radius 2 is 1.50 bits per heavy atom. The molecule has 3 nitrogen and oxygen atoms in total. The third-order valence-electron chi connectivity index (χ3n) is 5.55. The Morgan fingerprint density at radius 1 is 0.821 bits per heavy atom. The van der Waals surface area contributed by atoms with Gasteiger partial charge in [-0.2, -0.15) is 0 Å². The van der Waals surface area contributed by atoms with Crippen LogP contribution >= 0.6 is 11.6 Å². The van der Waals surface area contributed by atoms with Gasteiger partial charge in [-0.05, 0) is 60.2 Å². The maximum absolute atomic E-state index is 13.5. The van der Waals surface area contributed by atoms with Crippen LogP contribution in [0.4, 0.5) is 0 Å². The fourth-order valence-electron chi connectivity index (χ4n) is 4.26. The summed E-state index contributed by atoms with van der Waals surface area (Å²) >= 11 is 5.96. The first kappa shape index (κ1) is 17.5. The average Bonchev–Trinajstić information content (AvgIpc) is 3.26. The van der Waals surface area contributed by atoms with Crippen molar-refractivity contribution in [2.24, 2.45) is 0 Å². The van der Waals surface area contributed by atoms with Crippen molar-refractivity contribution >= 4 is 32.5 Å². The van der Waals surface area contributed by atoms with Gasteiger partial charge in [0.2, 0.25) is 0 Å². The van der Waals surface area contributed by atoms with E-state index in [-0.39, 0.29) is 4.90 Å². The van der Waals surface area contributed by atoms with Crippen molar-refractivity contribution < 1.29 is 8.42 Å². The van der Waals surface area contributed by atoms with E-state index in [1.807, 2.05) is 42.5 Å². The predicted molar refractivity (Wildman–Crippen MR) is 113 cm³/mol. The zero-order valence-corrected chi connectivity index (χ0v) is 16.6. The lowest BCUT2D eigenvalue weighted by Gasteiger charge is -2.14. The molecule has 0 saturated heterocycles. The monoisotopic (exact) mass is 407 g/mol. The normalized spacial score (nSPS) is 16.4. The Morgan fingerprint density at radius 3 is 2.25 bits per heavy atom. The molecule has 0 bridgehead atoms. The van der Waals surface area contributed by atoms with Gasteiger partial charge in [0.25, 0.3) is 10.0 Å². The predicted octanol–water partition coefficient (Wildman–Crippen LogP) is 5.41. The number of hydrogen-bond acceptors (Lipinski definition) is 2. The Bertz CT molecular complexity index is 1280. The standard InChI is InChI=1S/C23H18ClNO2S/c24-18-10-12-19(13-11-18)28(26,27)25-22-9-5-4-8-20(22)21-14-17(15-23(21)25)16-6-2-1-3-7-16/h1-13,17H,14-15H2. The number of para-hydroxylation sites is 1. The highest BCUT2D eigenvalue weighted by Crippen LogP contribution is 2.41. The first-order valence-electron chi connectivity index (χ1n) is 9.23. The lowest BCUT2D eigenvalue weighted by molar-refractivity contribution is 0.586. The highest BCUT2D eigenvalue weighted by molar-refractivity contribution is 7.90. The molecule has 1 unspecified atom stereocenters. The molecule has 0 N–H and O–H groups in total. The summed E-state index contributed by atoms with van der Waals surface area (Å²) < 4.78 is 28.6. The molecule has 5 rings (SSSR count). The van der Waals surface area contributed by atoms with E-state index in [4.69, 9.17) is 11.6 Å². The summed E-state index contributed by atoms with van der Waals surface area (Å²) in [6.07, 6.45) is 1.56. The van der Waals surface area contributed by atoms with Gasteiger partial charge in [0.05, 0.1) is 10.4 Å². The van der Waals surface area contributed by atoms with E-state index in [1.165, 1.54) is 5.56 Å². The smallest absolute Gasteiger partial charge is 0.238 e. The summed E-state index contributed by atoms with van der Waals surface area (Å²) in [5.74, 6) is 0.294. The highest BCUT2D eigenvalue weighted by Gasteiger charge is 2.33. The summed E-state index contributed by atoms with van der Waals surface area (Å²) in [7, 11) is -3.71. The number of aromatic nitrogens is 1. The van der Waals surface area contributed by atoms with Gasteiger partial charge in [-0.25, -0.2) is 12.4 Å². The van der Waals surface area contributed by atoms with Gasteiger partial charge >= 0.3 is 0 Å². The van der Waals surface area contributed by atoms with Crippen molar-refractivity contribution in [3.63, 3.8) is 0 Å². The quantitative estimate of drug-likeness (QED) is 0.455. The molecule has 1 aromatic heterocycles. The van der Waals surface area contributed by atoms with Crippen molar-refractivity contribution in [3.8, 4) is 0 Å². The molecule has 1 heterocycles. The van der Waals surface area contributed by atoms with E-state index in [1.54, 1.807) is 28.2 Å². The van der Waals surface area contributed by atoms with Crippen molar-refractivity contribution in [2.45, 2.75) is 23.7 Å². The van der Waals surface area contributed by atoms with Crippen molar-refractivity contribution in [1.82, 2.24) is 3.97 Å². The Balaban J connectivity index is 1.70. The molecule has 0 radical (unpaired) electrons. The van der Waals surface area contributed by atoms with Gasteiger partial charge in [0.1, 0.15) is 0 Å². The van der Waals surface area contributed by atoms with Crippen LogP contribution in [0.1, 0.15) is 22.7 Å². The Hall–Kier alpha value is -2.56. The minimum atomic E-state index is -3.71. The Labute approximate surface area is 169 Å². The molecule has 5 heteroatoms. The van der Waals surface area contributed by atoms with Gasteiger partial charge in [0.15, 0.2) is 0 Å². The third kappa shape index (κ3) is 2.67. The van der Waals surface area contributed by atoms with Gasteiger partial charge in [-0.1, -0.05) is 60.1 Å². The molecule has 3 aromatic carbocycles. The van der Waals surface area contributed by atoms with Gasteiger partial charge in [-0.15, -0.1) is 0 Å². The number of halogens is 1. The zero-order valence-electron chi connectivity index (χ0n) is 15.0. The van der Waals surface area contributed by atoms with E-state index in [9.17, 15) is 8.42 Å². The molecular weight excluding hydrogens is 390 g/mol. The minimum Gasteiger partial charge on any atom is -0.238 e. The zero-order chi connectivity index (χ0) is 19.3. The lowest BCUT2D eigenvalue weighted by atomic mass is 9.96. The molecule has 1 atom stereocenters. The van der Waals surface area contributed by atoms with Crippen LogP contribution in [0.25, 0.3) is 10.9 Å². The topological polar surface area (TPSA) is 39.1 Å². The number of hydrogen-bond donors (Lipinski definition) is 0. The second-order valence-electron chi connectivity index (χ2n) is 7.18. The Kier molecular flexibility index (Phi) is 4.07. The molecule has 0 fully saturated rings. The molecule has 4 aromatic rings. The summed E-state index contributed by atoms with van der Waals surface area (Å²) in [6, 6.07) is 24.5. The second kappa shape index (κ2) is 6.50. The summed E-state index contributed by atoms with van der Waals surface area (Å²) in [6.45, 7) is 0. The number of rotatable bonds is 3. The van der Waals surface area contributed by atoms with Crippen LogP contribution in [0.2, 0.25) is 5.02 Å². The summed E-state index contributed by atoms with van der Waals surface area (Å²) in [5, 5.41) is 1.54. The first-order chi connectivity index (χ1) is 13.6. The lowest BCUT2D eigenvalue weighted by Crippen LogP contribution is -2.16. The molecule has 28 heavy (non-hydrogen) atoms. The van der Waals surface area contributed by atoms with Crippen LogP contribution < -0.4 is 0 Å². The van der Waals surface area contributed by atoms with Gasteiger partial charge < -0.3 is 0 Å². The number of benzene rings is 3. The van der Waals surface area contributed by atoms with E-state index in [2.05, 4.69) is 12.1 Å². The molecule has 0 spiro atoms. The summed E-state index contributed by atoms with van der Waals surface area (Å²) in [5.41, 5.74) is 4.03. The van der Waals surface area contributed by atoms with Crippen molar-refractivity contribution in [1.29, 1.82) is 0 Å². The van der Waals surface area contributed by atoms with E-state index in [0.29, 0.717) is 17.4 Å². The maximum atomic E-state index is 13.5. The molecule has 1 aliphatic rings. The van der Waals surface area contributed by atoms with Crippen LogP contribution in [0, 0.1) is 0 Å². The minimum absolute atomic E-state index is 0.253. The van der Waals surface area contributed by atoms with Gasteiger partial charge in [-0.3, -0.25) is 0 Å². The highest BCUT2D eigenvalue weighted by atomic mass is 35.5. The van der Waals surface area contributed by atoms with Crippen LogP contribution in [0.5, 0.6) is 0 Å². The van der Waals surface area contributed by atoms with E-state index < -0.39 is 10.0 Å². The SMILES string of the molecule is O=S(=O)(c1ccc(Cl)cc1)n1c2c(c3ccccc31)CC(c1ccccc1)C2. The number of fused-ring (bicyclic) bond motifs is 3. The van der Waals surface area contributed by atoms with Crippen molar-refractivity contribution in [3.05, 3.63) is 101 Å². The van der Waals surface area contributed by atoms with Gasteiger partial charge in [0, 0.05) is 16.1 Å². The average molecular weight is 408 g/mol. The summed E-state index contributed by atoms with van der Waals surface area (Å²) in [4.78, 5) is 0.253. The molecule has 140 valence electrons. The van der Waals surface area contributed by atoms with Crippen LogP contribution in [-0.4, -0.2) is 12.4 Å². The molecule has 0 saturated carbocycles. The van der Waals surface area contributed by atoms with Crippen LogP contribution in [0.15, 0.2) is 83.8 Å². The molecule has 0 amide bonds. The molecular formula is C23H18ClNO2S.